The first-order valence-electron chi connectivity index (χ1n) is 8.30. The summed E-state index contributed by atoms with van der Waals surface area (Å²) in [6.45, 7) is 5.92. The molecule has 1 unspecified atom stereocenters. The second kappa shape index (κ2) is 10.2. The molecule has 4 N–H and O–H groups in total. The molecule has 2 saturated heterocycles. The first-order chi connectivity index (χ1) is 11.6. The Kier molecular flexibility index (Phi) is 9.02. The van der Waals surface area contributed by atoms with Crippen molar-refractivity contribution in [2.24, 2.45) is 5.73 Å². The number of amides is 1. The normalized spacial score (nSPS) is 24.1. The van der Waals surface area contributed by atoms with E-state index < -0.39 is 11.5 Å². The number of piperazine rings is 1. The first-order valence-corrected chi connectivity index (χ1v) is 8.30. The van der Waals surface area contributed by atoms with Crippen LogP contribution in [-0.4, -0.2) is 85.5 Å². The Morgan fingerprint density at radius 2 is 2.08 bits per heavy atom. The molecule has 0 saturated carbocycles. The van der Waals surface area contributed by atoms with Gasteiger partial charge in [-0.1, -0.05) is 0 Å². The summed E-state index contributed by atoms with van der Waals surface area (Å²) in [7, 11) is 0. The molecule has 0 radical (unpaired) electrons. The molecule has 3 heterocycles. The van der Waals surface area contributed by atoms with E-state index in [4.69, 9.17) is 10.5 Å². The molecule has 26 heavy (non-hydrogen) atoms. The second-order valence-electron chi connectivity index (χ2n) is 6.46. The number of halogens is 2. The van der Waals surface area contributed by atoms with Gasteiger partial charge in [0, 0.05) is 52.0 Å². The molecular weight excluding hydrogens is 381 g/mol. The fourth-order valence-corrected chi connectivity index (χ4v) is 3.26. The fraction of sp³-hybridized carbons (Fsp3) is 0.625. The van der Waals surface area contributed by atoms with Crippen LogP contribution in [0.1, 0.15) is 10.4 Å². The van der Waals surface area contributed by atoms with Gasteiger partial charge in [-0.25, -0.2) is 4.98 Å². The van der Waals surface area contributed by atoms with Crippen LogP contribution in [0.5, 0.6) is 0 Å². The highest BCUT2D eigenvalue weighted by atomic mass is 35.5. The van der Waals surface area contributed by atoms with E-state index in [2.05, 4.69) is 20.1 Å². The quantitative estimate of drug-likeness (QED) is 0.617. The molecule has 1 amide bonds. The molecule has 0 aliphatic carbocycles. The number of anilines is 1. The number of rotatable bonds is 4. The number of aromatic nitrogens is 1. The maximum absolute atomic E-state index is 11.6. The van der Waals surface area contributed by atoms with Crippen molar-refractivity contribution >= 4 is 36.5 Å². The van der Waals surface area contributed by atoms with Gasteiger partial charge in [0.25, 0.3) is 5.91 Å². The number of nitrogens with zero attached hydrogens (tertiary/aromatic N) is 3. The summed E-state index contributed by atoms with van der Waals surface area (Å²) in [5, 5.41) is 13.9. The van der Waals surface area contributed by atoms with Crippen molar-refractivity contribution in [2.45, 2.75) is 5.60 Å². The smallest absolute Gasteiger partial charge is 0.252 e. The lowest BCUT2D eigenvalue weighted by molar-refractivity contribution is -0.0495. The summed E-state index contributed by atoms with van der Waals surface area (Å²) in [5.74, 6) is 0.180. The standard InChI is InChI=1S/C16H25N5O3.2ClH/c17-14(22)13-2-1-3-19-15(13)21-7-5-20(6-8-21)11-16(23)10-18-4-9-24-12-16;;/h1-3,18,23H,4-12H2,(H2,17,22);2*1H. The Morgan fingerprint density at radius 1 is 1.35 bits per heavy atom. The summed E-state index contributed by atoms with van der Waals surface area (Å²) in [4.78, 5) is 20.2. The number of carbonyl (C=O) groups excluding carboxylic acids is 1. The summed E-state index contributed by atoms with van der Waals surface area (Å²) in [6.07, 6.45) is 1.67. The van der Waals surface area contributed by atoms with Crippen molar-refractivity contribution in [3.05, 3.63) is 23.9 Å². The van der Waals surface area contributed by atoms with Gasteiger partial charge in [-0.05, 0) is 12.1 Å². The van der Waals surface area contributed by atoms with Gasteiger partial charge in [-0.15, -0.1) is 24.8 Å². The van der Waals surface area contributed by atoms with E-state index in [1.807, 2.05) is 0 Å². The number of β-amino-alcohol motifs (C(OH)–C–C–N with tert-alkyl or cyclic N) is 1. The average molecular weight is 408 g/mol. The number of nitrogens with two attached hydrogens (primary N) is 1. The van der Waals surface area contributed by atoms with Crippen LogP contribution in [0.3, 0.4) is 0 Å². The van der Waals surface area contributed by atoms with Gasteiger partial charge in [0.15, 0.2) is 0 Å². The zero-order valence-electron chi connectivity index (χ0n) is 14.6. The summed E-state index contributed by atoms with van der Waals surface area (Å²) >= 11 is 0. The molecule has 148 valence electrons. The van der Waals surface area contributed by atoms with Crippen LogP contribution in [0.4, 0.5) is 5.82 Å². The maximum Gasteiger partial charge on any atom is 0.252 e. The minimum Gasteiger partial charge on any atom is -0.385 e. The highest BCUT2D eigenvalue weighted by molar-refractivity contribution is 5.97. The van der Waals surface area contributed by atoms with Gasteiger partial charge in [0.05, 0.1) is 18.8 Å². The van der Waals surface area contributed by atoms with Gasteiger partial charge in [-0.2, -0.15) is 0 Å². The number of hydrogen-bond acceptors (Lipinski definition) is 7. The average Bonchev–Trinajstić information content (AvgIpc) is 2.80. The van der Waals surface area contributed by atoms with Crippen molar-refractivity contribution in [3.8, 4) is 0 Å². The van der Waals surface area contributed by atoms with E-state index in [0.29, 0.717) is 37.7 Å². The number of carbonyl (C=O) groups is 1. The van der Waals surface area contributed by atoms with Crippen molar-refractivity contribution in [1.82, 2.24) is 15.2 Å². The summed E-state index contributed by atoms with van der Waals surface area (Å²) in [6, 6.07) is 3.42. The predicted molar refractivity (Wildman–Crippen MR) is 105 cm³/mol. The molecule has 3 rings (SSSR count). The zero-order chi connectivity index (χ0) is 17.0. The number of pyridine rings is 1. The van der Waals surface area contributed by atoms with E-state index in [1.165, 1.54) is 0 Å². The van der Waals surface area contributed by atoms with Gasteiger partial charge in [0.2, 0.25) is 0 Å². The Bertz CT molecular complexity index is 577. The van der Waals surface area contributed by atoms with Crippen LogP contribution < -0.4 is 16.0 Å². The van der Waals surface area contributed by atoms with E-state index in [-0.39, 0.29) is 24.8 Å². The molecule has 1 atom stereocenters. The lowest BCUT2D eigenvalue weighted by Crippen LogP contribution is -2.56. The molecule has 8 nitrogen and oxygen atoms in total. The number of aliphatic hydroxyl groups is 1. The van der Waals surface area contributed by atoms with E-state index in [9.17, 15) is 9.90 Å². The summed E-state index contributed by atoms with van der Waals surface area (Å²) < 4.78 is 5.47. The minimum absolute atomic E-state index is 0. The van der Waals surface area contributed by atoms with Crippen LogP contribution in [0.15, 0.2) is 18.3 Å². The molecule has 0 bridgehead atoms. The van der Waals surface area contributed by atoms with Crippen molar-refractivity contribution in [1.29, 1.82) is 0 Å². The molecule has 2 aliphatic heterocycles. The number of primary amides is 1. The molecule has 2 aliphatic rings. The fourth-order valence-electron chi connectivity index (χ4n) is 3.26. The molecule has 1 aromatic heterocycles. The van der Waals surface area contributed by atoms with Crippen LogP contribution in [0, 0.1) is 0 Å². The second-order valence-corrected chi connectivity index (χ2v) is 6.46. The third-order valence-electron chi connectivity index (χ3n) is 4.49. The zero-order valence-corrected chi connectivity index (χ0v) is 16.2. The number of ether oxygens (including phenoxy) is 1. The Labute approximate surface area is 165 Å². The van der Waals surface area contributed by atoms with Gasteiger partial charge >= 0.3 is 0 Å². The lowest BCUT2D eigenvalue weighted by Gasteiger charge is -2.39. The maximum atomic E-state index is 11.6. The Hall–Kier alpha value is -1.16. The molecule has 0 aromatic carbocycles. The largest absolute Gasteiger partial charge is 0.385 e. The lowest BCUT2D eigenvalue weighted by atomic mass is 10.0. The molecule has 10 heteroatoms. The highest BCUT2D eigenvalue weighted by Gasteiger charge is 2.33. The highest BCUT2D eigenvalue weighted by Crippen LogP contribution is 2.19. The van der Waals surface area contributed by atoms with Gasteiger partial charge in [0.1, 0.15) is 11.4 Å². The Balaban J connectivity index is 0.00000169. The van der Waals surface area contributed by atoms with Crippen molar-refractivity contribution < 1.29 is 14.6 Å². The first kappa shape index (κ1) is 22.9. The van der Waals surface area contributed by atoms with E-state index in [0.717, 1.165) is 32.7 Å². The van der Waals surface area contributed by atoms with E-state index in [1.54, 1.807) is 18.3 Å². The molecule has 0 spiro atoms. The minimum atomic E-state index is -0.859. The SMILES string of the molecule is Cl.Cl.NC(=O)c1cccnc1N1CCN(CC2(O)CNCCOC2)CC1. The van der Waals surface area contributed by atoms with Crippen LogP contribution >= 0.6 is 24.8 Å². The number of hydrogen-bond donors (Lipinski definition) is 3. The van der Waals surface area contributed by atoms with Crippen LogP contribution in [0.2, 0.25) is 0 Å². The van der Waals surface area contributed by atoms with Crippen LogP contribution in [-0.2, 0) is 4.74 Å². The van der Waals surface area contributed by atoms with Crippen molar-refractivity contribution in [3.63, 3.8) is 0 Å². The Morgan fingerprint density at radius 3 is 2.77 bits per heavy atom. The predicted octanol–water partition coefficient (Wildman–Crippen LogP) is -0.503. The van der Waals surface area contributed by atoms with Gasteiger partial charge < -0.3 is 25.8 Å². The third-order valence-corrected chi connectivity index (χ3v) is 4.49. The number of nitrogens with one attached hydrogen (secondary N) is 1. The molecule has 2 fully saturated rings. The topological polar surface area (TPSA) is 104 Å². The third kappa shape index (κ3) is 5.67. The monoisotopic (exact) mass is 407 g/mol. The van der Waals surface area contributed by atoms with Crippen LogP contribution in [0.25, 0.3) is 0 Å². The summed E-state index contributed by atoms with van der Waals surface area (Å²) in [5.41, 5.74) is 5.03. The van der Waals surface area contributed by atoms with E-state index >= 15 is 0 Å². The molecule has 1 aromatic rings. The molecular formula is C16H27Cl2N5O3. The van der Waals surface area contributed by atoms with Gasteiger partial charge in [-0.3, -0.25) is 9.69 Å². The van der Waals surface area contributed by atoms with Crippen molar-refractivity contribution in [2.75, 3.05) is 63.9 Å².